The molecule has 2 aromatic rings. The molecule has 0 unspecified atom stereocenters. The minimum absolute atomic E-state index is 0.130. The molecule has 1 amide bonds. The first-order valence-electron chi connectivity index (χ1n) is 8.64. The minimum Gasteiger partial charge on any atom is -0.510 e. The zero-order valence-electron chi connectivity index (χ0n) is 16.4. The number of nitrogens with zero attached hydrogens (tertiary/aromatic N) is 3. The summed E-state index contributed by atoms with van der Waals surface area (Å²) in [5.74, 6) is -0.346. The van der Waals surface area contributed by atoms with Gasteiger partial charge >= 0.3 is 0 Å². The van der Waals surface area contributed by atoms with Crippen molar-refractivity contribution in [1.29, 1.82) is 0 Å². The number of nitrogens with one attached hydrogen (secondary N) is 1. The first-order valence-corrected chi connectivity index (χ1v) is 9.02. The Morgan fingerprint density at radius 2 is 2.03 bits per heavy atom. The number of halogens is 1. The zero-order chi connectivity index (χ0) is 22.3. The van der Waals surface area contributed by atoms with Crippen LogP contribution < -0.4 is 14.8 Å². The Bertz CT molecular complexity index is 1020. The van der Waals surface area contributed by atoms with E-state index in [1.54, 1.807) is 18.2 Å². The van der Waals surface area contributed by atoms with Crippen molar-refractivity contribution in [1.82, 2.24) is 0 Å². The van der Waals surface area contributed by atoms with Gasteiger partial charge in [-0.05, 0) is 38.1 Å². The van der Waals surface area contributed by atoms with Crippen LogP contribution in [0.15, 0.2) is 58.1 Å². The molecule has 0 fully saturated rings. The molecule has 0 atom stereocenters. The summed E-state index contributed by atoms with van der Waals surface area (Å²) in [6, 6.07) is 8.57. The van der Waals surface area contributed by atoms with Crippen LogP contribution >= 0.6 is 11.6 Å². The van der Waals surface area contributed by atoms with Crippen molar-refractivity contribution in [3.05, 3.63) is 63.0 Å². The van der Waals surface area contributed by atoms with E-state index in [2.05, 4.69) is 15.5 Å². The highest BCUT2D eigenvalue weighted by Gasteiger charge is 2.18. The van der Waals surface area contributed by atoms with Crippen molar-refractivity contribution in [2.75, 3.05) is 19.0 Å². The van der Waals surface area contributed by atoms with E-state index in [9.17, 15) is 20.0 Å². The SMILES string of the molecule is CCOc1ccc(NC(=O)C(N=Nc2ccc(Cl)cc2[N+](=O)[O-])=C(C)O)c(OC)c1. The number of anilines is 1. The van der Waals surface area contributed by atoms with Gasteiger partial charge in [-0.3, -0.25) is 14.9 Å². The number of nitro groups is 1. The first kappa shape index (κ1) is 22.6. The molecular formula is C19H19ClN4O6. The monoisotopic (exact) mass is 434 g/mol. The van der Waals surface area contributed by atoms with E-state index in [1.807, 2.05) is 6.92 Å². The molecule has 11 heteroatoms. The molecule has 0 bridgehead atoms. The number of carbonyl (C=O) groups is 1. The lowest BCUT2D eigenvalue weighted by atomic mass is 10.2. The van der Waals surface area contributed by atoms with Crippen LogP contribution in [0.25, 0.3) is 0 Å². The van der Waals surface area contributed by atoms with Gasteiger partial charge in [0.05, 0.1) is 24.3 Å². The summed E-state index contributed by atoms with van der Waals surface area (Å²) in [5, 5.41) is 31.1. The van der Waals surface area contributed by atoms with Gasteiger partial charge in [-0.15, -0.1) is 10.2 Å². The van der Waals surface area contributed by atoms with Gasteiger partial charge in [-0.25, -0.2) is 0 Å². The van der Waals surface area contributed by atoms with Gasteiger partial charge in [-0.2, -0.15) is 0 Å². The number of benzene rings is 2. The Hall–Kier alpha value is -3.66. The number of carbonyl (C=O) groups excluding carboxylic acids is 1. The predicted octanol–water partition coefficient (Wildman–Crippen LogP) is 5.17. The van der Waals surface area contributed by atoms with Crippen LogP contribution in [0.5, 0.6) is 11.5 Å². The standard InChI is InChI=1S/C19H19ClN4O6/c1-4-30-13-6-8-15(17(10-13)29-3)21-19(26)18(11(2)25)23-22-14-7-5-12(20)9-16(14)24(27)28/h5-10,25H,4H2,1-3H3,(H,21,26). The van der Waals surface area contributed by atoms with Gasteiger partial charge in [-0.1, -0.05) is 11.6 Å². The zero-order valence-corrected chi connectivity index (χ0v) is 17.1. The number of amides is 1. The molecule has 30 heavy (non-hydrogen) atoms. The number of aliphatic hydroxyl groups excluding tert-OH is 1. The van der Waals surface area contributed by atoms with Gasteiger partial charge in [0.25, 0.3) is 11.6 Å². The summed E-state index contributed by atoms with van der Waals surface area (Å²) in [5.41, 5.74) is -0.656. The second-order valence-corrected chi connectivity index (χ2v) is 6.21. The number of hydrogen-bond acceptors (Lipinski definition) is 8. The number of methoxy groups -OCH3 is 1. The van der Waals surface area contributed by atoms with Gasteiger partial charge in [0.1, 0.15) is 17.3 Å². The Labute approximate surface area is 176 Å². The van der Waals surface area contributed by atoms with Crippen LogP contribution in [0, 0.1) is 10.1 Å². The lowest BCUT2D eigenvalue weighted by Gasteiger charge is -2.12. The van der Waals surface area contributed by atoms with Crippen molar-refractivity contribution in [3.63, 3.8) is 0 Å². The van der Waals surface area contributed by atoms with Crippen LogP contribution in [0.2, 0.25) is 5.02 Å². The quantitative estimate of drug-likeness (QED) is 0.193. The number of azo groups is 1. The Kier molecular flexibility index (Phi) is 7.70. The van der Waals surface area contributed by atoms with Gasteiger partial charge in [0, 0.05) is 17.2 Å². The molecule has 0 aliphatic heterocycles. The number of allylic oxidation sites excluding steroid dienone is 1. The molecule has 2 rings (SSSR count). The molecule has 0 saturated carbocycles. The van der Waals surface area contributed by atoms with Gasteiger partial charge in [0.15, 0.2) is 11.4 Å². The largest absolute Gasteiger partial charge is 0.510 e. The molecule has 0 saturated heterocycles. The second-order valence-electron chi connectivity index (χ2n) is 5.77. The summed E-state index contributed by atoms with van der Waals surface area (Å²) >= 11 is 5.76. The molecule has 0 aliphatic rings. The van der Waals surface area contributed by atoms with Crippen LogP contribution in [0.4, 0.5) is 17.1 Å². The summed E-state index contributed by atoms with van der Waals surface area (Å²) in [4.78, 5) is 23.1. The summed E-state index contributed by atoms with van der Waals surface area (Å²) in [7, 11) is 1.42. The van der Waals surface area contributed by atoms with E-state index in [0.29, 0.717) is 23.8 Å². The summed E-state index contributed by atoms with van der Waals surface area (Å²) in [6.07, 6.45) is 0. The fraction of sp³-hybridized carbons (Fsp3) is 0.211. The number of hydrogen-bond donors (Lipinski definition) is 2. The second kappa shape index (κ2) is 10.2. The normalized spacial score (nSPS) is 11.7. The van der Waals surface area contributed by atoms with E-state index in [1.165, 1.54) is 26.2 Å². The van der Waals surface area contributed by atoms with Crippen LogP contribution in [0.3, 0.4) is 0 Å². The highest BCUT2D eigenvalue weighted by atomic mass is 35.5. The third kappa shape index (κ3) is 5.67. The Morgan fingerprint density at radius 1 is 1.30 bits per heavy atom. The lowest BCUT2D eigenvalue weighted by molar-refractivity contribution is -0.384. The van der Waals surface area contributed by atoms with Crippen molar-refractivity contribution in [2.24, 2.45) is 10.2 Å². The molecule has 0 radical (unpaired) electrons. The highest BCUT2D eigenvalue weighted by Crippen LogP contribution is 2.32. The van der Waals surface area contributed by atoms with E-state index < -0.39 is 28.0 Å². The molecule has 10 nitrogen and oxygen atoms in total. The molecule has 158 valence electrons. The van der Waals surface area contributed by atoms with E-state index in [4.69, 9.17) is 21.1 Å². The van der Waals surface area contributed by atoms with Crippen LogP contribution in [-0.4, -0.2) is 29.7 Å². The summed E-state index contributed by atoms with van der Waals surface area (Å²) in [6.45, 7) is 3.53. The van der Waals surface area contributed by atoms with Gasteiger partial charge < -0.3 is 19.9 Å². The third-order valence-corrected chi connectivity index (χ3v) is 3.92. The Balaban J connectivity index is 2.30. The van der Waals surface area contributed by atoms with E-state index in [0.717, 1.165) is 6.07 Å². The van der Waals surface area contributed by atoms with Crippen molar-refractivity contribution < 1.29 is 24.3 Å². The fourth-order valence-electron chi connectivity index (χ4n) is 2.33. The number of ether oxygens (including phenoxy) is 2. The Morgan fingerprint density at radius 3 is 2.63 bits per heavy atom. The fourth-order valence-corrected chi connectivity index (χ4v) is 2.49. The minimum atomic E-state index is -0.794. The third-order valence-electron chi connectivity index (χ3n) is 3.68. The molecule has 0 aliphatic carbocycles. The van der Waals surface area contributed by atoms with Gasteiger partial charge in [0.2, 0.25) is 0 Å². The maximum atomic E-state index is 12.6. The average molecular weight is 435 g/mol. The van der Waals surface area contributed by atoms with Crippen molar-refractivity contribution in [2.45, 2.75) is 13.8 Å². The molecular weight excluding hydrogens is 416 g/mol. The first-order chi connectivity index (χ1) is 14.3. The molecule has 2 aromatic carbocycles. The average Bonchev–Trinajstić information content (AvgIpc) is 2.70. The molecule has 0 spiro atoms. The topological polar surface area (TPSA) is 136 Å². The predicted molar refractivity (Wildman–Crippen MR) is 111 cm³/mol. The highest BCUT2D eigenvalue weighted by molar-refractivity contribution is 6.30. The number of aliphatic hydroxyl groups is 1. The molecule has 0 aromatic heterocycles. The van der Waals surface area contributed by atoms with Crippen molar-refractivity contribution >= 4 is 34.6 Å². The summed E-state index contributed by atoms with van der Waals surface area (Å²) < 4.78 is 10.6. The molecule has 2 N–H and O–H groups in total. The van der Waals surface area contributed by atoms with E-state index >= 15 is 0 Å². The maximum absolute atomic E-state index is 12.6. The maximum Gasteiger partial charge on any atom is 0.298 e. The van der Waals surface area contributed by atoms with Crippen molar-refractivity contribution in [3.8, 4) is 11.5 Å². The number of rotatable bonds is 8. The van der Waals surface area contributed by atoms with Crippen LogP contribution in [0.1, 0.15) is 13.8 Å². The number of nitro benzene ring substituents is 1. The van der Waals surface area contributed by atoms with E-state index in [-0.39, 0.29) is 10.7 Å². The van der Waals surface area contributed by atoms with Crippen LogP contribution in [-0.2, 0) is 4.79 Å². The molecule has 0 heterocycles. The lowest BCUT2D eigenvalue weighted by Crippen LogP contribution is -2.15. The smallest absolute Gasteiger partial charge is 0.298 e.